The van der Waals surface area contributed by atoms with E-state index in [1.165, 1.54) is 4.88 Å². The van der Waals surface area contributed by atoms with Gasteiger partial charge in [0.2, 0.25) is 0 Å². The molecule has 18 heavy (non-hydrogen) atoms. The van der Waals surface area contributed by atoms with Gasteiger partial charge in [0.05, 0.1) is 12.6 Å². The van der Waals surface area contributed by atoms with Crippen molar-refractivity contribution in [2.45, 2.75) is 45.2 Å². The van der Waals surface area contributed by atoms with Gasteiger partial charge in [0, 0.05) is 10.4 Å². The summed E-state index contributed by atoms with van der Waals surface area (Å²) in [5.74, 6) is 0. The van der Waals surface area contributed by atoms with E-state index in [9.17, 15) is 5.11 Å². The monoisotopic (exact) mass is 286 g/mol. The molecule has 0 bridgehead atoms. The summed E-state index contributed by atoms with van der Waals surface area (Å²) in [6, 6.07) is 4.17. The highest BCUT2D eigenvalue weighted by atomic mass is 32.1. The van der Waals surface area contributed by atoms with Crippen molar-refractivity contribution < 1.29 is 5.11 Å². The summed E-state index contributed by atoms with van der Waals surface area (Å²) < 4.78 is 0. The number of nitrogens with one attached hydrogen (secondary N) is 2. The lowest BCUT2D eigenvalue weighted by molar-refractivity contribution is 0.248. The predicted octanol–water partition coefficient (Wildman–Crippen LogP) is 2.30. The van der Waals surface area contributed by atoms with Gasteiger partial charge < -0.3 is 15.7 Å². The minimum absolute atomic E-state index is 0.00875. The molecule has 0 fully saturated rings. The van der Waals surface area contributed by atoms with Gasteiger partial charge in [-0.1, -0.05) is 6.07 Å². The van der Waals surface area contributed by atoms with Gasteiger partial charge in [0.1, 0.15) is 0 Å². The predicted molar refractivity (Wildman–Crippen MR) is 82.1 cm³/mol. The van der Waals surface area contributed by atoms with E-state index in [1.54, 1.807) is 11.3 Å². The molecular formula is C13H22N2OS2. The van der Waals surface area contributed by atoms with Crippen molar-refractivity contribution in [2.24, 2.45) is 0 Å². The Balaban J connectivity index is 2.35. The van der Waals surface area contributed by atoms with E-state index in [0.717, 1.165) is 12.8 Å². The summed E-state index contributed by atoms with van der Waals surface area (Å²) in [6.07, 6.45) is 1.84. The molecule has 0 saturated heterocycles. The van der Waals surface area contributed by atoms with Crippen LogP contribution in [0.1, 0.15) is 32.1 Å². The molecule has 5 heteroatoms. The maximum atomic E-state index is 9.36. The first kappa shape index (κ1) is 15.4. The van der Waals surface area contributed by atoms with Gasteiger partial charge in [-0.2, -0.15) is 0 Å². The number of thiophene rings is 1. The summed E-state index contributed by atoms with van der Waals surface area (Å²) in [6.45, 7) is 6.26. The molecule has 0 aliphatic heterocycles. The number of rotatable bonds is 5. The molecule has 0 unspecified atom stereocenters. The Morgan fingerprint density at radius 1 is 1.50 bits per heavy atom. The van der Waals surface area contributed by atoms with Crippen molar-refractivity contribution in [1.82, 2.24) is 10.6 Å². The smallest absolute Gasteiger partial charge is 0.166 e. The van der Waals surface area contributed by atoms with Gasteiger partial charge in [0.15, 0.2) is 5.11 Å². The van der Waals surface area contributed by atoms with Gasteiger partial charge in [-0.3, -0.25) is 0 Å². The molecule has 0 aliphatic carbocycles. The number of aliphatic hydroxyl groups is 1. The highest BCUT2D eigenvalue weighted by molar-refractivity contribution is 7.80. The summed E-state index contributed by atoms with van der Waals surface area (Å²) in [7, 11) is 0. The molecule has 1 atom stereocenters. The molecule has 1 heterocycles. The van der Waals surface area contributed by atoms with E-state index in [2.05, 4.69) is 42.9 Å². The lowest BCUT2D eigenvalue weighted by Crippen LogP contribution is -2.50. The van der Waals surface area contributed by atoms with Crippen molar-refractivity contribution in [1.29, 1.82) is 0 Å². The van der Waals surface area contributed by atoms with Crippen molar-refractivity contribution in [3.8, 4) is 0 Å². The van der Waals surface area contributed by atoms with Crippen LogP contribution in [0, 0.1) is 0 Å². The van der Waals surface area contributed by atoms with Gasteiger partial charge in [-0.25, -0.2) is 0 Å². The standard InChI is InChI=1S/C13H22N2OS2/c1-13(2,3)15-12(17)14-10(9-16)6-7-11-5-4-8-18-11/h4-5,8,10,16H,6-7,9H2,1-3H3,(H2,14,15,17)/t10-/m1/s1. The second-order valence-corrected chi connectivity index (χ2v) is 6.79. The van der Waals surface area contributed by atoms with Crippen LogP contribution in [0.2, 0.25) is 0 Å². The number of thiocarbonyl (C=S) groups is 1. The fourth-order valence-electron chi connectivity index (χ4n) is 1.54. The minimum atomic E-state index is -0.0577. The van der Waals surface area contributed by atoms with Crippen LogP contribution in [0.3, 0.4) is 0 Å². The van der Waals surface area contributed by atoms with E-state index in [1.807, 2.05) is 6.07 Å². The third-order valence-electron chi connectivity index (χ3n) is 2.36. The Morgan fingerprint density at radius 2 is 2.22 bits per heavy atom. The van der Waals surface area contributed by atoms with Crippen LogP contribution in [-0.4, -0.2) is 28.4 Å². The summed E-state index contributed by atoms with van der Waals surface area (Å²) >= 11 is 6.97. The zero-order valence-corrected chi connectivity index (χ0v) is 12.8. The first-order valence-electron chi connectivity index (χ1n) is 6.12. The lowest BCUT2D eigenvalue weighted by atomic mass is 10.1. The molecule has 0 radical (unpaired) electrons. The quantitative estimate of drug-likeness (QED) is 0.727. The fraction of sp³-hybridized carbons (Fsp3) is 0.615. The largest absolute Gasteiger partial charge is 0.394 e. The zero-order chi connectivity index (χ0) is 13.6. The number of aryl methyl sites for hydroxylation is 1. The minimum Gasteiger partial charge on any atom is -0.394 e. The van der Waals surface area contributed by atoms with Crippen LogP contribution in [0.5, 0.6) is 0 Å². The molecular weight excluding hydrogens is 264 g/mol. The Bertz CT molecular complexity index is 358. The summed E-state index contributed by atoms with van der Waals surface area (Å²) in [5.41, 5.74) is -0.0577. The van der Waals surface area contributed by atoms with Gasteiger partial charge in [0.25, 0.3) is 0 Å². The van der Waals surface area contributed by atoms with Crippen molar-refractivity contribution >= 4 is 28.7 Å². The molecule has 102 valence electrons. The SMILES string of the molecule is CC(C)(C)NC(=S)N[C@@H](CO)CCc1cccs1. The summed E-state index contributed by atoms with van der Waals surface area (Å²) in [5, 5.41) is 18.4. The third kappa shape index (κ3) is 6.33. The second kappa shape index (κ2) is 7.07. The van der Waals surface area contributed by atoms with Crippen LogP contribution in [0.25, 0.3) is 0 Å². The highest BCUT2D eigenvalue weighted by Crippen LogP contribution is 2.12. The molecule has 0 amide bonds. The molecule has 3 nitrogen and oxygen atoms in total. The van der Waals surface area contributed by atoms with Gasteiger partial charge >= 0.3 is 0 Å². The Morgan fingerprint density at radius 3 is 2.72 bits per heavy atom. The maximum absolute atomic E-state index is 9.36. The van der Waals surface area contributed by atoms with Crippen LogP contribution in [0.15, 0.2) is 17.5 Å². The fourth-order valence-corrected chi connectivity index (χ4v) is 2.74. The molecule has 1 aromatic heterocycles. The van der Waals surface area contributed by atoms with Crippen molar-refractivity contribution in [3.05, 3.63) is 22.4 Å². The van der Waals surface area contributed by atoms with Crippen LogP contribution >= 0.6 is 23.6 Å². The van der Waals surface area contributed by atoms with E-state index < -0.39 is 0 Å². The van der Waals surface area contributed by atoms with E-state index in [4.69, 9.17) is 12.2 Å². The van der Waals surface area contributed by atoms with Gasteiger partial charge in [-0.05, 0) is 57.3 Å². The van der Waals surface area contributed by atoms with E-state index >= 15 is 0 Å². The van der Waals surface area contributed by atoms with E-state index in [0.29, 0.717) is 5.11 Å². The number of hydrogen-bond acceptors (Lipinski definition) is 3. The molecule has 0 aromatic carbocycles. The van der Waals surface area contributed by atoms with Gasteiger partial charge in [-0.15, -0.1) is 11.3 Å². The summed E-state index contributed by atoms with van der Waals surface area (Å²) in [4.78, 5) is 1.34. The first-order valence-corrected chi connectivity index (χ1v) is 7.41. The van der Waals surface area contributed by atoms with Crippen molar-refractivity contribution in [2.75, 3.05) is 6.61 Å². The van der Waals surface area contributed by atoms with Crippen LogP contribution < -0.4 is 10.6 Å². The second-order valence-electron chi connectivity index (χ2n) is 5.35. The first-order chi connectivity index (χ1) is 8.40. The zero-order valence-electron chi connectivity index (χ0n) is 11.2. The topological polar surface area (TPSA) is 44.3 Å². The molecule has 1 aromatic rings. The van der Waals surface area contributed by atoms with E-state index in [-0.39, 0.29) is 18.2 Å². The third-order valence-corrected chi connectivity index (χ3v) is 3.52. The highest BCUT2D eigenvalue weighted by Gasteiger charge is 2.14. The number of hydrogen-bond donors (Lipinski definition) is 3. The molecule has 0 saturated carbocycles. The van der Waals surface area contributed by atoms with Crippen LogP contribution in [-0.2, 0) is 6.42 Å². The number of aliphatic hydroxyl groups excluding tert-OH is 1. The Labute approximate surface area is 119 Å². The lowest BCUT2D eigenvalue weighted by Gasteiger charge is -2.26. The Hall–Kier alpha value is -0.650. The molecule has 0 spiro atoms. The molecule has 1 rings (SSSR count). The van der Waals surface area contributed by atoms with Crippen molar-refractivity contribution in [3.63, 3.8) is 0 Å². The normalized spacial score (nSPS) is 13.1. The van der Waals surface area contributed by atoms with Crippen LogP contribution in [0.4, 0.5) is 0 Å². The maximum Gasteiger partial charge on any atom is 0.166 e. The molecule has 0 aliphatic rings. The average molecular weight is 286 g/mol. The average Bonchev–Trinajstić information content (AvgIpc) is 2.74. The Kier molecular flexibility index (Phi) is 6.05. The molecule has 3 N–H and O–H groups in total.